The number of H-pyrrole nitrogens is 1. The maximum absolute atomic E-state index is 5.37. The van der Waals surface area contributed by atoms with Crippen LogP contribution in [0.2, 0.25) is 0 Å². The van der Waals surface area contributed by atoms with Gasteiger partial charge >= 0.3 is 0 Å². The number of hydrogen-bond acceptors (Lipinski definition) is 3. The highest BCUT2D eigenvalue weighted by atomic mass is 32.1. The van der Waals surface area contributed by atoms with Crippen LogP contribution in [0, 0.1) is 25.5 Å². The molecule has 0 aliphatic heterocycles. The van der Waals surface area contributed by atoms with E-state index in [1.54, 1.807) is 0 Å². The molecule has 0 saturated heterocycles. The van der Waals surface area contributed by atoms with Crippen LogP contribution in [0.4, 0.5) is 0 Å². The van der Waals surface area contributed by atoms with E-state index < -0.39 is 0 Å². The number of rotatable bonds is 4. The SMILES string of the molecule is Cc1ccc(-n2c(CCn3nc(C)cc3C)n[nH]c2=S)cc1. The first-order valence-electron chi connectivity index (χ1n) is 7.29. The van der Waals surface area contributed by atoms with Gasteiger partial charge in [-0.1, -0.05) is 17.7 Å². The Morgan fingerprint density at radius 1 is 1.14 bits per heavy atom. The van der Waals surface area contributed by atoms with Gasteiger partial charge in [0.2, 0.25) is 0 Å². The molecular formula is C16H19N5S. The number of aromatic nitrogens is 5. The fourth-order valence-corrected chi connectivity index (χ4v) is 2.82. The molecule has 6 heteroatoms. The summed E-state index contributed by atoms with van der Waals surface area (Å²) in [6, 6.07) is 10.4. The lowest BCUT2D eigenvalue weighted by molar-refractivity contribution is 0.577. The Bertz CT molecular complexity index is 838. The predicted molar refractivity (Wildman–Crippen MR) is 88.9 cm³/mol. The van der Waals surface area contributed by atoms with E-state index >= 15 is 0 Å². The van der Waals surface area contributed by atoms with Crippen LogP contribution >= 0.6 is 12.2 Å². The number of nitrogens with zero attached hydrogens (tertiary/aromatic N) is 4. The highest BCUT2D eigenvalue weighted by Crippen LogP contribution is 2.13. The zero-order chi connectivity index (χ0) is 15.7. The number of aromatic amines is 1. The Morgan fingerprint density at radius 3 is 2.50 bits per heavy atom. The van der Waals surface area contributed by atoms with E-state index in [0.717, 1.165) is 35.9 Å². The van der Waals surface area contributed by atoms with Crippen LogP contribution in [-0.4, -0.2) is 24.5 Å². The van der Waals surface area contributed by atoms with Crippen molar-refractivity contribution in [3.8, 4) is 5.69 Å². The summed E-state index contributed by atoms with van der Waals surface area (Å²) >= 11 is 5.37. The lowest BCUT2D eigenvalue weighted by atomic mass is 10.2. The van der Waals surface area contributed by atoms with Crippen LogP contribution in [0.15, 0.2) is 30.3 Å². The second-order valence-corrected chi connectivity index (χ2v) is 5.90. The van der Waals surface area contributed by atoms with Gasteiger partial charge in [-0.3, -0.25) is 14.3 Å². The molecule has 0 unspecified atom stereocenters. The third-order valence-corrected chi connectivity index (χ3v) is 3.96. The summed E-state index contributed by atoms with van der Waals surface area (Å²) in [4.78, 5) is 0. The first-order chi connectivity index (χ1) is 10.5. The van der Waals surface area contributed by atoms with Crippen LogP contribution in [0.1, 0.15) is 22.8 Å². The molecule has 0 fully saturated rings. The third-order valence-electron chi connectivity index (χ3n) is 3.68. The molecule has 3 rings (SSSR count). The van der Waals surface area contributed by atoms with E-state index in [2.05, 4.69) is 59.5 Å². The van der Waals surface area contributed by atoms with E-state index in [-0.39, 0.29) is 0 Å². The lowest BCUT2D eigenvalue weighted by Gasteiger charge is -2.08. The smallest absolute Gasteiger partial charge is 0.199 e. The molecule has 0 aliphatic carbocycles. The molecule has 0 amide bonds. The van der Waals surface area contributed by atoms with Crippen LogP contribution in [0.25, 0.3) is 5.69 Å². The van der Waals surface area contributed by atoms with Gasteiger partial charge in [0.25, 0.3) is 0 Å². The molecule has 5 nitrogen and oxygen atoms in total. The van der Waals surface area contributed by atoms with Gasteiger partial charge in [0.05, 0.1) is 5.69 Å². The minimum atomic E-state index is 0.618. The standard InChI is InChI=1S/C16H19N5S/c1-11-4-6-14(7-5-11)21-15(17-18-16(21)22)8-9-20-13(3)10-12(2)19-20/h4-7,10H,8-9H2,1-3H3,(H,18,22). The van der Waals surface area contributed by atoms with Crippen LogP contribution < -0.4 is 0 Å². The summed E-state index contributed by atoms with van der Waals surface area (Å²) in [6.07, 6.45) is 0.767. The summed E-state index contributed by atoms with van der Waals surface area (Å²) in [7, 11) is 0. The average Bonchev–Trinajstić information content (AvgIpc) is 3.00. The molecule has 114 valence electrons. The first-order valence-corrected chi connectivity index (χ1v) is 7.70. The minimum Gasteiger partial charge on any atom is -0.272 e. The van der Waals surface area contributed by atoms with E-state index in [0.29, 0.717) is 4.77 Å². The van der Waals surface area contributed by atoms with Crippen molar-refractivity contribution >= 4 is 12.2 Å². The fourth-order valence-electron chi connectivity index (χ4n) is 2.56. The van der Waals surface area contributed by atoms with Gasteiger partial charge < -0.3 is 0 Å². The third kappa shape index (κ3) is 2.87. The van der Waals surface area contributed by atoms with Crippen molar-refractivity contribution in [1.82, 2.24) is 24.5 Å². The maximum Gasteiger partial charge on any atom is 0.199 e. The summed E-state index contributed by atoms with van der Waals surface area (Å²) in [5.41, 5.74) is 4.46. The Hall–Kier alpha value is -2.21. The van der Waals surface area contributed by atoms with Crippen LogP contribution in [-0.2, 0) is 13.0 Å². The predicted octanol–water partition coefficient (Wildman–Crippen LogP) is 3.29. The highest BCUT2D eigenvalue weighted by Gasteiger charge is 2.09. The molecular weight excluding hydrogens is 294 g/mol. The summed E-state index contributed by atoms with van der Waals surface area (Å²) in [5.74, 6) is 0.918. The second kappa shape index (κ2) is 5.88. The van der Waals surface area contributed by atoms with Gasteiger partial charge in [-0.05, 0) is 51.2 Å². The van der Waals surface area contributed by atoms with Crippen molar-refractivity contribution in [3.63, 3.8) is 0 Å². The van der Waals surface area contributed by atoms with Gasteiger partial charge in [0.15, 0.2) is 4.77 Å². The average molecular weight is 313 g/mol. The quantitative estimate of drug-likeness (QED) is 0.752. The van der Waals surface area contributed by atoms with Crippen molar-refractivity contribution in [3.05, 3.63) is 57.9 Å². The largest absolute Gasteiger partial charge is 0.272 e. The maximum atomic E-state index is 5.37. The molecule has 0 aliphatic rings. The van der Waals surface area contributed by atoms with Crippen molar-refractivity contribution in [2.75, 3.05) is 0 Å². The van der Waals surface area contributed by atoms with Crippen molar-refractivity contribution in [1.29, 1.82) is 0 Å². The normalized spacial score (nSPS) is 11.0. The molecule has 2 aromatic heterocycles. The van der Waals surface area contributed by atoms with Gasteiger partial charge in [-0.2, -0.15) is 10.2 Å². The van der Waals surface area contributed by atoms with Crippen molar-refractivity contribution in [2.24, 2.45) is 0 Å². The molecule has 3 aromatic rings. The van der Waals surface area contributed by atoms with Gasteiger partial charge in [0, 0.05) is 24.3 Å². The Labute approximate surface area is 134 Å². The van der Waals surface area contributed by atoms with E-state index in [1.165, 1.54) is 5.56 Å². The second-order valence-electron chi connectivity index (χ2n) is 5.52. The minimum absolute atomic E-state index is 0.618. The first kappa shape index (κ1) is 14.7. The number of benzene rings is 1. The Kier molecular flexibility index (Phi) is 3.94. The van der Waals surface area contributed by atoms with Crippen molar-refractivity contribution < 1.29 is 0 Å². The van der Waals surface area contributed by atoms with Gasteiger partial charge in [0.1, 0.15) is 5.82 Å². The molecule has 0 spiro atoms. The molecule has 0 radical (unpaired) electrons. The lowest BCUT2D eigenvalue weighted by Crippen LogP contribution is -2.09. The zero-order valence-electron chi connectivity index (χ0n) is 13.0. The fraction of sp³-hybridized carbons (Fsp3) is 0.312. The van der Waals surface area contributed by atoms with Crippen LogP contribution in [0.3, 0.4) is 0 Å². The molecule has 0 bridgehead atoms. The van der Waals surface area contributed by atoms with Gasteiger partial charge in [-0.15, -0.1) is 0 Å². The number of nitrogens with one attached hydrogen (secondary N) is 1. The molecule has 1 N–H and O–H groups in total. The summed E-state index contributed by atoms with van der Waals surface area (Å²) < 4.78 is 4.61. The monoisotopic (exact) mass is 313 g/mol. The topological polar surface area (TPSA) is 51.4 Å². The summed E-state index contributed by atoms with van der Waals surface area (Å²) in [5, 5.41) is 11.8. The molecule has 22 heavy (non-hydrogen) atoms. The number of hydrogen-bond donors (Lipinski definition) is 1. The number of aryl methyl sites for hydroxylation is 5. The van der Waals surface area contributed by atoms with E-state index in [4.69, 9.17) is 12.2 Å². The van der Waals surface area contributed by atoms with Crippen molar-refractivity contribution in [2.45, 2.75) is 33.7 Å². The van der Waals surface area contributed by atoms with E-state index in [1.807, 2.05) is 16.2 Å². The Balaban J connectivity index is 1.88. The zero-order valence-corrected chi connectivity index (χ0v) is 13.8. The van der Waals surface area contributed by atoms with Crippen LogP contribution in [0.5, 0.6) is 0 Å². The molecule has 0 atom stereocenters. The summed E-state index contributed by atoms with van der Waals surface area (Å²) in [6.45, 7) is 6.93. The van der Waals surface area contributed by atoms with E-state index in [9.17, 15) is 0 Å². The molecule has 2 heterocycles. The van der Waals surface area contributed by atoms with Gasteiger partial charge in [-0.25, -0.2) is 0 Å². The Morgan fingerprint density at radius 2 is 1.86 bits per heavy atom. The molecule has 0 saturated carbocycles. The highest BCUT2D eigenvalue weighted by molar-refractivity contribution is 7.71. The molecule has 1 aromatic carbocycles.